The van der Waals surface area contributed by atoms with Crippen LogP contribution in [-0.2, 0) is 4.79 Å². The third-order valence-electron chi connectivity index (χ3n) is 6.74. The van der Waals surface area contributed by atoms with E-state index in [9.17, 15) is 4.79 Å². The molecule has 3 aliphatic heterocycles. The van der Waals surface area contributed by atoms with E-state index in [2.05, 4.69) is 37.1 Å². The fraction of sp³-hybridized carbons (Fsp3) is 0.591. The van der Waals surface area contributed by atoms with Crippen molar-refractivity contribution in [3.8, 4) is 6.07 Å². The van der Waals surface area contributed by atoms with E-state index >= 15 is 0 Å². The molecule has 5 rings (SSSR count). The molecule has 11 nitrogen and oxygen atoms in total. The number of piperidine rings is 1. The Morgan fingerprint density at radius 1 is 1.21 bits per heavy atom. The Balaban J connectivity index is 1.35. The summed E-state index contributed by atoms with van der Waals surface area (Å²) in [5.74, 6) is 2.58. The SMILES string of the molecule is Cc1cc(Nc2cc(N3CCNC(=O)C3)nc(N[C@@H]3C[C@H]4CC[C@@H](C3)N4CCC#N)n2)n[nH]1. The molecule has 3 atom stereocenters. The maximum atomic E-state index is 11.9. The smallest absolute Gasteiger partial charge is 0.239 e. The number of carbonyl (C=O) groups is 1. The number of hydrogen-bond donors (Lipinski definition) is 4. The van der Waals surface area contributed by atoms with Gasteiger partial charge in [-0.3, -0.25) is 14.8 Å². The topological polar surface area (TPSA) is 138 Å². The van der Waals surface area contributed by atoms with Gasteiger partial charge in [0.05, 0.1) is 12.6 Å². The van der Waals surface area contributed by atoms with Crippen LogP contribution in [0.1, 0.15) is 37.8 Å². The molecular formula is C22H30N10O. The number of aromatic nitrogens is 4. The number of nitrogens with zero attached hydrogens (tertiary/aromatic N) is 6. The number of fused-ring (bicyclic) bond motifs is 2. The molecule has 0 aliphatic carbocycles. The Hall–Kier alpha value is -3.39. The van der Waals surface area contributed by atoms with E-state index in [1.54, 1.807) is 0 Å². The monoisotopic (exact) mass is 450 g/mol. The van der Waals surface area contributed by atoms with Crippen LogP contribution in [-0.4, -0.2) is 75.3 Å². The molecule has 0 spiro atoms. The van der Waals surface area contributed by atoms with Crippen LogP contribution in [0.2, 0.25) is 0 Å². The number of amides is 1. The van der Waals surface area contributed by atoms with Crippen LogP contribution >= 0.6 is 0 Å². The summed E-state index contributed by atoms with van der Waals surface area (Å²) in [6.45, 7) is 4.37. The maximum absolute atomic E-state index is 11.9. The van der Waals surface area contributed by atoms with Gasteiger partial charge in [0.25, 0.3) is 0 Å². The number of anilines is 4. The first kappa shape index (κ1) is 21.5. The van der Waals surface area contributed by atoms with Gasteiger partial charge in [-0.2, -0.15) is 20.3 Å². The van der Waals surface area contributed by atoms with Crippen LogP contribution < -0.4 is 20.9 Å². The number of piperazine rings is 1. The van der Waals surface area contributed by atoms with Gasteiger partial charge in [-0.15, -0.1) is 0 Å². The van der Waals surface area contributed by atoms with Gasteiger partial charge in [-0.1, -0.05) is 0 Å². The zero-order valence-electron chi connectivity index (χ0n) is 18.8. The Bertz CT molecular complexity index is 1030. The predicted octanol–water partition coefficient (Wildman–Crippen LogP) is 1.51. The molecule has 33 heavy (non-hydrogen) atoms. The van der Waals surface area contributed by atoms with Gasteiger partial charge in [0, 0.05) is 62.0 Å². The molecule has 2 aromatic heterocycles. The predicted molar refractivity (Wildman–Crippen MR) is 124 cm³/mol. The van der Waals surface area contributed by atoms with E-state index in [0.717, 1.165) is 25.1 Å². The number of aryl methyl sites for hydroxylation is 1. The van der Waals surface area contributed by atoms with Crippen molar-refractivity contribution in [1.82, 2.24) is 30.4 Å². The lowest BCUT2D eigenvalue weighted by molar-refractivity contribution is -0.120. The molecule has 0 aromatic carbocycles. The summed E-state index contributed by atoms with van der Waals surface area (Å²) in [5.41, 5.74) is 0.955. The van der Waals surface area contributed by atoms with E-state index in [1.165, 1.54) is 12.8 Å². The van der Waals surface area contributed by atoms with E-state index < -0.39 is 0 Å². The lowest BCUT2D eigenvalue weighted by Gasteiger charge is -2.39. The van der Waals surface area contributed by atoms with Crippen LogP contribution in [0.15, 0.2) is 12.1 Å². The minimum Gasteiger partial charge on any atom is -0.353 e. The van der Waals surface area contributed by atoms with Crippen molar-refractivity contribution in [1.29, 1.82) is 5.26 Å². The van der Waals surface area contributed by atoms with Crippen molar-refractivity contribution >= 4 is 29.3 Å². The summed E-state index contributed by atoms with van der Waals surface area (Å²) in [4.78, 5) is 25.9. The van der Waals surface area contributed by atoms with Crippen LogP contribution in [0.25, 0.3) is 0 Å². The normalized spacial score (nSPS) is 24.9. The first-order valence-electron chi connectivity index (χ1n) is 11.7. The van der Waals surface area contributed by atoms with Gasteiger partial charge >= 0.3 is 0 Å². The van der Waals surface area contributed by atoms with Gasteiger partial charge in [0.1, 0.15) is 11.6 Å². The molecule has 5 heterocycles. The van der Waals surface area contributed by atoms with Crippen molar-refractivity contribution in [2.75, 3.05) is 41.7 Å². The molecule has 3 fully saturated rings. The Morgan fingerprint density at radius 2 is 2.03 bits per heavy atom. The summed E-state index contributed by atoms with van der Waals surface area (Å²) in [6.07, 6.45) is 4.99. The van der Waals surface area contributed by atoms with Crippen molar-refractivity contribution in [2.45, 2.75) is 57.2 Å². The number of H-pyrrole nitrogens is 1. The summed E-state index contributed by atoms with van der Waals surface area (Å²) in [7, 11) is 0. The summed E-state index contributed by atoms with van der Waals surface area (Å²) in [5, 5.41) is 25.8. The highest BCUT2D eigenvalue weighted by Gasteiger charge is 2.40. The molecule has 0 unspecified atom stereocenters. The molecule has 174 valence electrons. The highest BCUT2D eigenvalue weighted by Crippen LogP contribution is 2.36. The number of hydrogen-bond acceptors (Lipinski definition) is 9. The second-order valence-corrected chi connectivity index (χ2v) is 9.11. The van der Waals surface area contributed by atoms with Crippen molar-refractivity contribution in [2.24, 2.45) is 0 Å². The van der Waals surface area contributed by atoms with Gasteiger partial charge < -0.3 is 20.9 Å². The van der Waals surface area contributed by atoms with Gasteiger partial charge in [0.15, 0.2) is 5.82 Å². The zero-order chi connectivity index (χ0) is 22.8. The average Bonchev–Trinajstić information content (AvgIpc) is 3.30. The number of carbonyl (C=O) groups excluding carboxylic acids is 1. The van der Waals surface area contributed by atoms with Gasteiger partial charge in [-0.25, -0.2) is 0 Å². The molecule has 2 bridgehead atoms. The van der Waals surface area contributed by atoms with Crippen LogP contribution in [0.3, 0.4) is 0 Å². The van der Waals surface area contributed by atoms with E-state index in [1.807, 2.05) is 24.0 Å². The number of nitrogens with one attached hydrogen (secondary N) is 4. The second kappa shape index (κ2) is 9.23. The van der Waals surface area contributed by atoms with Crippen LogP contribution in [0.5, 0.6) is 0 Å². The van der Waals surface area contributed by atoms with Gasteiger partial charge in [0.2, 0.25) is 11.9 Å². The summed E-state index contributed by atoms with van der Waals surface area (Å²) < 4.78 is 0. The Labute approximate surface area is 193 Å². The molecule has 2 aromatic rings. The molecule has 11 heteroatoms. The lowest BCUT2D eigenvalue weighted by Crippen LogP contribution is -2.48. The molecule has 1 amide bonds. The Morgan fingerprint density at radius 3 is 2.73 bits per heavy atom. The quantitative estimate of drug-likeness (QED) is 0.494. The maximum Gasteiger partial charge on any atom is 0.239 e. The highest BCUT2D eigenvalue weighted by molar-refractivity contribution is 5.82. The number of rotatable bonds is 7. The molecule has 3 aliphatic rings. The third-order valence-corrected chi connectivity index (χ3v) is 6.74. The van der Waals surface area contributed by atoms with Crippen LogP contribution in [0, 0.1) is 18.3 Å². The highest BCUT2D eigenvalue weighted by atomic mass is 16.2. The Kier molecular flexibility index (Phi) is 6.00. The zero-order valence-corrected chi connectivity index (χ0v) is 18.8. The minimum absolute atomic E-state index is 0.00637. The van der Waals surface area contributed by atoms with Crippen molar-refractivity contribution in [3.63, 3.8) is 0 Å². The van der Waals surface area contributed by atoms with E-state index in [4.69, 9.17) is 15.2 Å². The fourth-order valence-electron chi connectivity index (χ4n) is 5.29. The third kappa shape index (κ3) is 4.85. The van der Waals surface area contributed by atoms with Crippen molar-refractivity contribution < 1.29 is 4.79 Å². The minimum atomic E-state index is -0.00637. The number of nitriles is 1. The second-order valence-electron chi connectivity index (χ2n) is 9.11. The number of aromatic amines is 1. The first-order valence-corrected chi connectivity index (χ1v) is 11.7. The molecule has 4 N–H and O–H groups in total. The first-order chi connectivity index (χ1) is 16.1. The molecule has 0 radical (unpaired) electrons. The van der Waals surface area contributed by atoms with E-state index in [0.29, 0.717) is 55.0 Å². The van der Waals surface area contributed by atoms with Crippen LogP contribution in [0.4, 0.5) is 23.4 Å². The van der Waals surface area contributed by atoms with Gasteiger partial charge in [-0.05, 0) is 32.6 Å². The average molecular weight is 451 g/mol. The summed E-state index contributed by atoms with van der Waals surface area (Å²) >= 11 is 0. The fourth-order valence-corrected chi connectivity index (χ4v) is 5.29. The standard InChI is InChI=1S/C22H30N10O/c1-14-9-19(30-29-14)26-18-12-20(31-8-6-24-21(33)13-31)28-22(27-18)25-15-10-16-3-4-17(11-15)32(16)7-2-5-23/h9,12,15-17H,2-4,6-8,10-11,13H2,1H3,(H,24,33)(H3,25,26,27,28,29,30)/t15-,16-,17+. The summed E-state index contributed by atoms with van der Waals surface area (Å²) in [6, 6.07) is 7.35. The largest absolute Gasteiger partial charge is 0.353 e. The van der Waals surface area contributed by atoms with E-state index in [-0.39, 0.29) is 18.5 Å². The lowest BCUT2D eigenvalue weighted by atomic mass is 9.97. The molecule has 3 saturated heterocycles. The molecule has 0 saturated carbocycles. The van der Waals surface area contributed by atoms with Crippen molar-refractivity contribution in [3.05, 3.63) is 17.8 Å². The molecular weight excluding hydrogens is 420 g/mol.